The molecule has 0 aliphatic carbocycles. The predicted molar refractivity (Wildman–Crippen MR) is 83.3 cm³/mol. The van der Waals surface area contributed by atoms with E-state index in [9.17, 15) is 9.59 Å². The van der Waals surface area contributed by atoms with Gasteiger partial charge in [0.05, 0.1) is 6.61 Å². The molecular formula is C17H16N2O3. The molecular weight excluding hydrogens is 280 g/mol. The first-order chi connectivity index (χ1) is 10.5. The Morgan fingerprint density at radius 1 is 1.14 bits per heavy atom. The molecule has 0 aromatic heterocycles. The summed E-state index contributed by atoms with van der Waals surface area (Å²) in [6.45, 7) is 2.51. The molecule has 1 heterocycles. The molecule has 0 unspecified atom stereocenters. The van der Waals surface area contributed by atoms with Crippen LogP contribution in [0.5, 0.6) is 5.75 Å². The number of rotatable bonds is 3. The molecule has 0 radical (unpaired) electrons. The summed E-state index contributed by atoms with van der Waals surface area (Å²) in [7, 11) is 0. The Morgan fingerprint density at radius 3 is 2.68 bits per heavy atom. The lowest BCUT2D eigenvalue weighted by molar-refractivity contribution is 0.0996. The minimum atomic E-state index is -0.523. The molecule has 3 rings (SSSR count). The van der Waals surface area contributed by atoms with Crippen molar-refractivity contribution >= 4 is 17.5 Å². The van der Waals surface area contributed by atoms with E-state index in [1.807, 2.05) is 19.1 Å². The van der Waals surface area contributed by atoms with E-state index >= 15 is 0 Å². The molecule has 22 heavy (non-hydrogen) atoms. The lowest BCUT2D eigenvalue weighted by atomic mass is 10.1. The number of hydrogen-bond donors (Lipinski definition) is 2. The Hall–Kier alpha value is -2.82. The molecule has 0 atom stereocenters. The standard InChI is InChI=1S/C17H16N2O3/c1-10-2-3-12(16(18)20)9-14(10)19-17(21)13-4-5-15-11(8-13)6-7-22-15/h2-5,8-9H,6-7H2,1H3,(H2,18,20)(H,19,21). The van der Waals surface area contributed by atoms with Gasteiger partial charge in [0.2, 0.25) is 5.91 Å². The first kappa shape index (κ1) is 14.1. The van der Waals surface area contributed by atoms with E-state index in [0.29, 0.717) is 23.4 Å². The van der Waals surface area contributed by atoms with Crippen LogP contribution in [0.1, 0.15) is 31.8 Å². The summed E-state index contributed by atoms with van der Waals surface area (Å²) < 4.78 is 5.43. The summed E-state index contributed by atoms with van der Waals surface area (Å²) in [6.07, 6.45) is 0.812. The molecule has 1 aliphatic heterocycles. The summed E-state index contributed by atoms with van der Waals surface area (Å²) in [6, 6.07) is 10.4. The Morgan fingerprint density at radius 2 is 1.91 bits per heavy atom. The number of primary amides is 1. The Bertz CT molecular complexity index is 768. The number of fused-ring (bicyclic) bond motifs is 1. The van der Waals surface area contributed by atoms with Gasteiger partial charge in [-0.25, -0.2) is 0 Å². The van der Waals surface area contributed by atoms with Crippen molar-refractivity contribution in [3.8, 4) is 5.75 Å². The zero-order valence-electron chi connectivity index (χ0n) is 12.2. The van der Waals surface area contributed by atoms with E-state index in [0.717, 1.165) is 23.3 Å². The molecule has 0 saturated heterocycles. The molecule has 112 valence electrons. The first-order valence-corrected chi connectivity index (χ1v) is 7.02. The molecule has 2 amide bonds. The SMILES string of the molecule is Cc1ccc(C(N)=O)cc1NC(=O)c1ccc2c(c1)CCO2. The second kappa shape index (κ2) is 5.52. The number of hydrogen-bond acceptors (Lipinski definition) is 3. The number of nitrogens with one attached hydrogen (secondary N) is 1. The zero-order chi connectivity index (χ0) is 15.7. The lowest BCUT2D eigenvalue weighted by Crippen LogP contribution is -2.15. The van der Waals surface area contributed by atoms with Crippen LogP contribution in [0, 0.1) is 6.92 Å². The van der Waals surface area contributed by atoms with Crippen molar-refractivity contribution in [2.75, 3.05) is 11.9 Å². The van der Waals surface area contributed by atoms with Gasteiger partial charge in [-0.05, 0) is 48.4 Å². The van der Waals surface area contributed by atoms with E-state index < -0.39 is 5.91 Å². The topological polar surface area (TPSA) is 81.4 Å². The summed E-state index contributed by atoms with van der Waals surface area (Å²) >= 11 is 0. The van der Waals surface area contributed by atoms with E-state index in [1.54, 1.807) is 24.3 Å². The summed E-state index contributed by atoms with van der Waals surface area (Å²) in [5, 5.41) is 2.83. The maximum atomic E-state index is 12.4. The molecule has 5 heteroatoms. The van der Waals surface area contributed by atoms with Crippen molar-refractivity contribution in [2.24, 2.45) is 5.73 Å². The van der Waals surface area contributed by atoms with Crippen LogP contribution in [0.15, 0.2) is 36.4 Å². The van der Waals surface area contributed by atoms with Gasteiger partial charge in [0.25, 0.3) is 5.91 Å². The smallest absolute Gasteiger partial charge is 0.255 e. The second-order valence-corrected chi connectivity index (χ2v) is 5.27. The van der Waals surface area contributed by atoms with Gasteiger partial charge in [0.1, 0.15) is 5.75 Å². The van der Waals surface area contributed by atoms with Gasteiger partial charge in [-0.1, -0.05) is 6.07 Å². The van der Waals surface area contributed by atoms with Crippen LogP contribution in [-0.4, -0.2) is 18.4 Å². The highest BCUT2D eigenvalue weighted by atomic mass is 16.5. The average Bonchev–Trinajstić information content (AvgIpc) is 2.96. The van der Waals surface area contributed by atoms with Crippen molar-refractivity contribution in [1.29, 1.82) is 0 Å². The van der Waals surface area contributed by atoms with E-state index in [-0.39, 0.29) is 5.91 Å². The van der Waals surface area contributed by atoms with Crippen LogP contribution in [0.3, 0.4) is 0 Å². The fourth-order valence-electron chi connectivity index (χ4n) is 2.43. The normalized spacial score (nSPS) is 12.4. The van der Waals surface area contributed by atoms with Crippen LogP contribution in [-0.2, 0) is 6.42 Å². The number of anilines is 1. The van der Waals surface area contributed by atoms with E-state index in [1.165, 1.54) is 0 Å². The minimum absolute atomic E-state index is 0.223. The Kier molecular flexibility index (Phi) is 3.55. The van der Waals surface area contributed by atoms with Gasteiger partial charge < -0.3 is 15.8 Å². The van der Waals surface area contributed by atoms with Gasteiger partial charge >= 0.3 is 0 Å². The van der Waals surface area contributed by atoms with Crippen LogP contribution >= 0.6 is 0 Å². The highest BCUT2D eigenvalue weighted by molar-refractivity contribution is 6.05. The molecule has 0 spiro atoms. The summed E-state index contributed by atoms with van der Waals surface area (Å²) in [5.74, 6) is 0.0908. The van der Waals surface area contributed by atoms with Crippen molar-refractivity contribution in [2.45, 2.75) is 13.3 Å². The van der Waals surface area contributed by atoms with Crippen LogP contribution in [0.25, 0.3) is 0 Å². The quantitative estimate of drug-likeness (QED) is 0.911. The third-order valence-corrected chi connectivity index (χ3v) is 3.72. The number of carbonyl (C=O) groups is 2. The second-order valence-electron chi connectivity index (χ2n) is 5.27. The number of amides is 2. The van der Waals surface area contributed by atoms with Gasteiger partial charge in [0, 0.05) is 23.2 Å². The van der Waals surface area contributed by atoms with Crippen LogP contribution in [0.4, 0.5) is 5.69 Å². The largest absolute Gasteiger partial charge is 0.493 e. The zero-order valence-corrected chi connectivity index (χ0v) is 12.2. The fourth-order valence-corrected chi connectivity index (χ4v) is 2.43. The highest BCUT2D eigenvalue weighted by Crippen LogP contribution is 2.26. The monoisotopic (exact) mass is 296 g/mol. The molecule has 0 bridgehead atoms. The van der Waals surface area contributed by atoms with Crippen molar-refractivity contribution in [1.82, 2.24) is 0 Å². The minimum Gasteiger partial charge on any atom is -0.493 e. The van der Waals surface area contributed by atoms with Crippen molar-refractivity contribution < 1.29 is 14.3 Å². The predicted octanol–water partition coefficient (Wildman–Crippen LogP) is 2.28. The summed E-state index contributed by atoms with van der Waals surface area (Å²) in [4.78, 5) is 23.6. The van der Waals surface area contributed by atoms with Gasteiger partial charge in [0.15, 0.2) is 0 Å². The number of carbonyl (C=O) groups excluding carboxylic acids is 2. The van der Waals surface area contributed by atoms with Crippen LogP contribution < -0.4 is 15.8 Å². The maximum absolute atomic E-state index is 12.4. The van der Waals surface area contributed by atoms with E-state index in [4.69, 9.17) is 10.5 Å². The van der Waals surface area contributed by atoms with E-state index in [2.05, 4.69) is 5.32 Å². The van der Waals surface area contributed by atoms with Gasteiger partial charge in [-0.3, -0.25) is 9.59 Å². The van der Waals surface area contributed by atoms with Crippen LogP contribution in [0.2, 0.25) is 0 Å². The Labute approximate surface area is 128 Å². The summed E-state index contributed by atoms with van der Waals surface area (Å²) in [5.41, 5.74) is 8.68. The van der Waals surface area contributed by atoms with Crippen molar-refractivity contribution in [3.05, 3.63) is 58.7 Å². The average molecular weight is 296 g/mol. The molecule has 5 nitrogen and oxygen atoms in total. The first-order valence-electron chi connectivity index (χ1n) is 7.02. The molecule has 0 saturated carbocycles. The third kappa shape index (κ3) is 2.65. The van der Waals surface area contributed by atoms with Gasteiger partial charge in [-0.2, -0.15) is 0 Å². The van der Waals surface area contributed by atoms with Gasteiger partial charge in [-0.15, -0.1) is 0 Å². The lowest BCUT2D eigenvalue weighted by Gasteiger charge is -2.10. The number of benzene rings is 2. The number of nitrogens with two attached hydrogens (primary N) is 1. The van der Waals surface area contributed by atoms with Crippen molar-refractivity contribution in [3.63, 3.8) is 0 Å². The third-order valence-electron chi connectivity index (χ3n) is 3.72. The maximum Gasteiger partial charge on any atom is 0.255 e. The molecule has 2 aromatic carbocycles. The Balaban J connectivity index is 1.85. The molecule has 2 aromatic rings. The molecule has 1 aliphatic rings. The number of ether oxygens (including phenoxy) is 1. The molecule has 0 fully saturated rings. The molecule has 3 N–H and O–H groups in total. The number of aryl methyl sites for hydroxylation is 1. The highest BCUT2D eigenvalue weighted by Gasteiger charge is 2.16. The fraction of sp³-hybridized carbons (Fsp3) is 0.176.